The van der Waals surface area contributed by atoms with E-state index in [1.807, 2.05) is 48.2 Å². The lowest BCUT2D eigenvalue weighted by atomic mass is 10.0. The molecular weight excluding hydrogens is 496 g/mol. The summed E-state index contributed by atoms with van der Waals surface area (Å²) in [6.07, 6.45) is 2.39. The Morgan fingerprint density at radius 2 is 1.92 bits per heavy atom. The zero-order valence-corrected chi connectivity index (χ0v) is 21.6. The van der Waals surface area contributed by atoms with Gasteiger partial charge in [0.25, 0.3) is 0 Å². The Hall–Kier alpha value is -4.60. The molecule has 2 aromatic carbocycles. The van der Waals surface area contributed by atoms with Crippen LogP contribution in [0.5, 0.6) is 0 Å². The van der Waals surface area contributed by atoms with Crippen molar-refractivity contribution in [1.29, 1.82) is 0 Å². The number of piperidine rings is 1. The first-order chi connectivity index (χ1) is 18.9. The van der Waals surface area contributed by atoms with Gasteiger partial charge < -0.3 is 24.8 Å². The van der Waals surface area contributed by atoms with E-state index in [2.05, 4.69) is 20.5 Å². The van der Waals surface area contributed by atoms with E-state index in [-0.39, 0.29) is 17.6 Å². The van der Waals surface area contributed by atoms with Crippen LogP contribution in [0.4, 0.5) is 15.3 Å². The summed E-state index contributed by atoms with van der Waals surface area (Å²) in [5.41, 5.74) is 5.21. The first kappa shape index (κ1) is 24.7. The zero-order chi connectivity index (χ0) is 26.9. The Balaban J connectivity index is 1.14. The molecule has 2 aromatic heterocycles. The Bertz CT molecular complexity index is 1590. The standard InChI is InChI=1S/C29H30N6O4/c1-18-13-19(14-21-16-30-33-27(18)21)15-25(24-7-4-8-26(36)31-24)39-29(38)34-11-9-22(10-12-34)35-17-20-5-2-3-6-23(20)32-28(35)37/h2-8,13-14,16,22,25H,9-12,15,17H2,1H3,(H,30,33)(H,31,36)(H,32,37). The molecule has 1 unspecified atom stereocenters. The number of pyridine rings is 1. The highest BCUT2D eigenvalue weighted by molar-refractivity contribution is 5.92. The third-order valence-corrected chi connectivity index (χ3v) is 7.63. The number of H-pyrrole nitrogens is 2. The zero-order valence-electron chi connectivity index (χ0n) is 21.6. The smallest absolute Gasteiger partial charge is 0.410 e. The molecular formula is C29H30N6O4. The third-order valence-electron chi connectivity index (χ3n) is 7.63. The van der Waals surface area contributed by atoms with Crippen molar-refractivity contribution in [3.63, 3.8) is 0 Å². The maximum Gasteiger partial charge on any atom is 0.410 e. The number of hydrogen-bond acceptors (Lipinski definition) is 5. The van der Waals surface area contributed by atoms with Crippen LogP contribution in [-0.2, 0) is 17.7 Å². The van der Waals surface area contributed by atoms with Crippen molar-refractivity contribution in [2.24, 2.45) is 0 Å². The minimum Gasteiger partial charge on any atom is -0.439 e. The van der Waals surface area contributed by atoms with Crippen LogP contribution in [0.25, 0.3) is 10.9 Å². The van der Waals surface area contributed by atoms with Crippen LogP contribution in [0.2, 0.25) is 0 Å². The van der Waals surface area contributed by atoms with E-state index in [0.717, 1.165) is 33.3 Å². The van der Waals surface area contributed by atoms with E-state index in [1.54, 1.807) is 23.2 Å². The summed E-state index contributed by atoms with van der Waals surface area (Å²) in [5.74, 6) is 0. The second kappa shape index (κ2) is 10.3. The van der Waals surface area contributed by atoms with Gasteiger partial charge in [0.15, 0.2) is 0 Å². The molecule has 0 aliphatic carbocycles. The normalized spacial score (nSPS) is 16.6. The molecule has 39 heavy (non-hydrogen) atoms. The number of ether oxygens (including phenoxy) is 1. The van der Waals surface area contributed by atoms with Gasteiger partial charge in [0.2, 0.25) is 5.56 Å². The fourth-order valence-corrected chi connectivity index (χ4v) is 5.59. The molecule has 0 spiro atoms. The van der Waals surface area contributed by atoms with Gasteiger partial charge in [-0.2, -0.15) is 5.10 Å². The Kier molecular flexibility index (Phi) is 6.52. The summed E-state index contributed by atoms with van der Waals surface area (Å²) >= 11 is 0. The van der Waals surface area contributed by atoms with E-state index in [1.165, 1.54) is 6.07 Å². The summed E-state index contributed by atoms with van der Waals surface area (Å²) in [4.78, 5) is 44.5. The van der Waals surface area contributed by atoms with E-state index in [4.69, 9.17) is 4.74 Å². The van der Waals surface area contributed by atoms with Gasteiger partial charge in [-0.05, 0) is 54.7 Å². The average molecular weight is 527 g/mol. The van der Waals surface area contributed by atoms with Crippen LogP contribution < -0.4 is 10.9 Å². The van der Waals surface area contributed by atoms with Crippen LogP contribution >= 0.6 is 0 Å². The van der Waals surface area contributed by atoms with E-state index in [9.17, 15) is 14.4 Å². The van der Waals surface area contributed by atoms with Crippen molar-refractivity contribution in [3.8, 4) is 0 Å². The number of urea groups is 1. The number of rotatable bonds is 5. The molecule has 200 valence electrons. The second-order valence-electron chi connectivity index (χ2n) is 10.2. The van der Waals surface area contributed by atoms with Gasteiger partial charge in [-0.25, -0.2) is 9.59 Å². The van der Waals surface area contributed by atoms with Crippen LogP contribution in [0.3, 0.4) is 0 Å². The monoisotopic (exact) mass is 526 g/mol. The number of anilines is 1. The SMILES string of the molecule is Cc1cc(CC(OC(=O)N2CCC(N3Cc4ccccc4NC3=O)CC2)c2cccc(=O)[nH]2)cc2cn[nH]c12. The van der Waals surface area contributed by atoms with Crippen molar-refractivity contribution in [2.45, 2.75) is 44.9 Å². The van der Waals surface area contributed by atoms with Crippen molar-refractivity contribution in [1.82, 2.24) is 25.0 Å². The number of likely N-dealkylation sites (tertiary alicyclic amines) is 1. The average Bonchev–Trinajstić information content (AvgIpc) is 3.42. The topological polar surface area (TPSA) is 123 Å². The van der Waals surface area contributed by atoms with Crippen LogP contribution in [0.15, 0.2) is 65.6 Å². The molecule has 4 aromatic rings. The summed E-state index contributed by atoms with van der Waals surface area (Å²) in [6.45, 7) is 3.52. The molecule has 10 nitrogen and oxygen atoms in total. The van der Waals surface area contributed by atoms with Crippen LogP contribution in [0, 0.1) is 6.92 Å². The molecule has 3 amide bonds. The maximum atomic E-state index is 13.3. The van der Waals surface area contributed by atoms with Crippen molar-refractivity contribution in [2.75, 3.05) is 18.4 Å². The highest BCUT2D eigenvalue weighted by Gasteiger charge is 2.33. The number of hydrogen-bond donors (Lipinski definition) is 3. The lowest BCUT2D eigenvalue weighted by Crippen LogP contribution is -2.51. The van der Waals surface area contributed by atoms with Gasteiger partial charge in [0, 0.05) is 49.2 Å². The second-order valence-corrected chi connectivity index (χ2v) is 10.2. The van der Waals surface area contributed by atoms with Gasteiger partial charge in [-0.1, -0.05) is 30.3 Å². The van der Waals surface area contributed by atoms with Crippen LogP contribution in [0.1, 0.15) is 41.3 Å². The molecule has 1 fully saturated rings. The molecule has 0 saturated carbocycles. The quantitative estimate of drug-likeness (QED) is 0.354. The summed E-state index contributed by atoms with van der Waals surface area (Å²) in [6, 6.07) is 16.7. The van der Waals surface area contributed by atoms with Crippen molar-refractivity contribution >= 4 is 28.7 Å². The molecule has 0 bridgehead atoms. The predicted octanol–water partition coefficient (Wildman–Crippen LogP) is 4.49. The Labute approximate surface area is 225 Å². The van der Waals surface area contributed by atoms with Gasteiger partial charge in [-0.15, -0.1) is 0 Å². The molecule has 3 N–H and O–H groups in total. The van der Waals surface area contributed by atoms with Gasteiger partial charge >= 0.3 is 12.1 Å². The molecule has 2 aliphatic heterocycles. The minimum atomic E-state index is -0.669. The number of aryl methyl sites for hydroxylation is 1. The number of carbonyl (C=O) groups is 2. The highest BCUT2D eigenvalue weighted by atomic mass is 16.6. The van der Waals surface area contributed by atoms with Gasteiger partial charge in [0.1, 0.15) is 6.10 Å². The summed E-state index contributed by atoms with van der Waals surface area (Å²) < 4.78 is 6.02. The molecule has 1 saturated heterocycles. The number of aromatic nitrogens is 3. The number of aromatic amines is 2. The van der Waals surface area contributed by atoms with Gasteiger partial charge in [-0.3, -0.25) is 9.89 Å². The molecule has 4 heterocycles. The third kappa shape index (κ3) is 5.09. The Morgan fingerprint density at radius 1 is 1.10 bits per heavy atom. The van der Waals surface area contributed by atoms with Crippen molar-refractivity contribution in [3.05, 3.63) is 93.5 Å². The number of benzene rings is 2. The predicted molar refractivity (Wildman–Crippen MR) is 146 cm³/mol. The van der Waals surface area contributed by atoms with E-state index >= 15 is 0 Å². The Morgan fingerprint density at radius 3 is 2.74 bits per heavy atom. The number of para-hydroxylation sites is 1. The lowest BCUT2D eigenvalue weighted by molar-refractivity contribution is 0.0462. The first-order valence-corrected chi connectivity index (χ1v) is 13.2. The molecule has 10 heteroatoms. The first-order valence-electron chi connectivity index (χ1n) is 13.2. The maximum absolute atomic E-state index is 13.3. The number of carbonyl (C=O) groups excluding carboxylic acids is 2. The highest BCUT2D eigenvalue weighted by Crippen LogP contribution is 2.29. The van der Waals surface area contributed by atoms with Crippen LogP contribution in [-0.4, -0.2) is 56.2 Å². The lowest BCUT2D eigenvalue weighted by Gasteiger charge is -2.40. The number of amides is 3. The van der Waals surface area contributed by atoms with E-state index in [0.29, 0.717) is 44.6 Å². The van der Waals surface area contributed by atoms with E-state index < -0.39 is 12.2 Å². The molecule has 6 rings (SSSR count). The fraction of sp³-hybridized carbons (Fsp3) is 0.310. The number of nitrogens with one attached hydrogen (secondary N) is 3. The van der Waals surface area contributed by atoms with Gasteiger partial charge in [0.05, 0.1) is 17.4 Å². The molecule has 0 radical (unpaired) electrons. The number of nitrogens with zero attached hydrogens (tertiary/aromatic N) is 3. The molecule has 1 atom stereocenters. The fourth-order valence-electron chi connectivity index (χ4n) is 5.59. The summed E-state index contributed by atoms with van der Waals surface area (Å²) in [7, 11) is 0. The largest absolute Gasteiger partial charge is 0.439 e. The molecule has 2 aliphatic rings. The number of fused-ring (bicyclic) bond motifs is 2. The summed E-state index contributed by atoms with van der Waals surface area (Å²) in [5, 5.41) is 11.1. The van der Waals surface area contributed by atoms with Crippen molar-refractivity contribution < 1.29 is 14.3 Å². The minimum absolute atomic E-state index is 0.0355.